The largest absolute Gasteiger partial charge is 0.484 e. The lowest BCUT2D eigenvalue weighted by atomic mass is 10.1. The molecule has 1 fully saturated rings. The molecule has 1 N–H and O–H groups in total. The van der Waals surface area contributed by atoms with Gasteiger partial charge in [0.2, 0.25) is 0 Å². The predicted octanol–water partition coefficient (Wildman–Crippen LogP) is 1.15. The first kappa shape index (κ1) is 15.8. The minimum Gasteiger partial charge on any atom is -0.484 e. The van der Waals surface area contributed by atoms with E-state index in [0.29, 0.717) is 18.2 Å². The molecule has 1 aromatic rings. The summed E-state index contributed by atoms with van der Waals surface area (Å²) in [6.45, 7) is 7.46. The van der Waals surface area contributed by atoms with Crippen LogP contribution in [0.5, 0.6) is 5.75 Å². The van der Waals surface area contributed by atoms with Crippen LogP contribution in [-0.4, -0.2) is 56.8 Å². The Kier molecular flexibility index (Phi) is 6.50. The highest BCUT2D eigenvalue weighted by atomic mass is 16.5. The van der Waals surface area contributed by atoms with Gasteiger partial charge in [0, 0.05) is 26.2 Å². The number of amides is 1. The van der Waals surface area contributed by atoms with Crippen molar-refractivity contribution in [1.82, 2.24) is 10.2 Å². The minimum atomic E-state index is -0.0762. The summed E-state index contributed by atoms with van der Waals surface area (Å²) in [6.07, 6.45) is 0. The van der Waals surface area contributed by atoms with Crippen molar-refractivity contribution in [3.8, 4) is 5.75 Å². The Morgan fingerprint density at radius 1 is 1.33 bits per heavy atom. The summed E-state index contributed by atoms with van der Waals surface area (Å²) in [6, 6.07) is 9.37. The molecule has 0 aliphatic carbocycles. The molecular formula is C16H24N2O3. The molecule has 1 amide bonds. The number of nitrogens with one attached hydrogen (secondary N) is 1. The third kappa shape index (κ3) is 6.14. The van der Waals surface area contributed by atoms with E-state index in [1.165, 1.54) is 0 Å². The molecular weight excluding hydrogens is 268 g/mol. The van der Waals surface area contributed by atoms with Crippen molar-refractivity contribution in [3.63, 3.8) is 0 Å². The van der Waals surface area contributed by atoms with Crippen molar-refractivity contribution < 1.29 is 14.3 Å². The third-order valence-electron chi connectivity index (χ3n) is 3.43. The van der Waals surface area contributed by atoms with Crippen molar-refractivity contribution in [2.45, 2.75) is 6.92 Å². The molecule has 5 nitrogen and oxygen atoms in total. The highest BCUT2D eigenvalue weighted by Gasteiger charge is 2.14. The molecule has 1 heterocycles. The van der Waals surface area contributed by atoms with Crippen LogP contribution in [0.25, 0.3) is 0 Å². The SMILES string of the molecule is CC(CNC(=O)COc1ccccc1)CN1CCOCC1. The summed E-state index contributed by atoms with van der Waals surface area (Å²) in [5, 5.41) is 2.92. The van der Waals surface area contributed by atoms with Crippen LogP contribution in [0.2, 0.25) is 0 Å². The van der Waals surface area contributed by atoms with Gasteiger partial charge in [0.25, 0.3) is 5.91 Å². The van der Waals surface area contributed by atoms with E-state index < -0.39 is 0 Å². The fraction of sp³-hybridized carbons (Fsp3) is 0.562. The van der Waals surface area contributed by atoms with Crippen LogP contribution in [0.1, 0.15) is 6.92 Å². The number of nitrogens with zero attached hydrogens (tertiary/aromatic N) is 1. The normalized spacial score (nSPS) is 17.2. The average molecular weight is 292 g/mol. The number of morpholine rings is 1. The van der Waals surface area contributed by atoms with Gasteiger partial charge in [0.05, 0.1) is 13.2 Å². The fourth-order valence-electron chi connectivity index (χ4n) is 2.29. The van der Waals surface area contributed by atoms with Crippen LogP contribution in [0.15, 0.2) is 30.3 Å². The summed E-state index contributed by atoms with van der Waals surface area (Å²) < 4.78 is 10.7. The quantitative estimate of drug-likeness (QED) is 0.819. The van der Waals surface area contributed by atoms with Gasteiger partial charge in [0.15, 0.2) is 6.61 Å². The number of ether oxygens (including phenoxy) is 2. The number of carbonyl (C=O) groups is 1. The van der Waals surface area contributed by atoms with E-state index in [1.807, 2.05) is 30.3 Å². The Morgan fingerprint density at radius 3 is 2.76 bits per heavy atom. The smallest absolute Gasteiger partial charge is 0.257 e. The van der Waals surface area contributed by atoms with Gasteiger partial charge in [-0.1, -0.05) is 25.1 Å². The lowest BCUT2D eigenvalue weighted by Crippen LogP contribution is -2.42. The first-order valence-corrected chi connectivity index (χ1v) is 7.48. The van der Waals surface area contributed by atoms with E-state index in [1.54, 1.807) is 0 Å². The van der Waals surface area contributed by atoms with Gasteiger partial charge in [-0.15, -0.1) is 0 Å². The highest BCUT2D eigenvalue weighted by Crippen LogP contribution is 2.07. The summed E-state index contributed by atoms with van der Waals surface area (Å²) in [5.74, 6) is 1.06. The van der Waals surface area contributed by atoms with Crippen molar-refractivity contribution in [3.05, 3.63) is 30.3 Å². The number of carbonyl (C=O) groups excluding carboxylic acids is 1. The number of hydrogen-bond donors (Lipinski definition) is 1. The molecule has 5 heteroatoms. The molecule has 1 aliphatic rings. The van der Waals surface area contributed by atoms with Crippen molar-refractivity contribution in [2.75, 3.05) is 46.0 Å². The topological polar surface area (TPSA) is 50.8 Å². The van der Waals surface area contributed by atoms with Crippen LogP contribution in [-0.2, 0) is 9.53 Å². The summed E-state index contributed by atoms with van der Waals surface area (Å²) >= 11 is 0. The lowest BCUT2D eigenvalue weighted by Gasteiger charge is -2.29. The molecule has 21 heavy (non-hydrogen) atoms. The Labute approximate surface area is 126 Å². The van der Waals surface area contributed by atoms with Crippen molar-refractivity contribution in [1.29, 1.82) is 0 Å². The molecule has 1 saturated heterocycles. The highest BCUT2D eigenvalue weighted by molar-refractivity contribution is 5.77. The molecule has 0 spiro atoms. The minimum absolute atomic E-state index is 0.0638. The molecule has 0 saturated carbocycles. The first-order chi connectivity index (χ1) is 10.2. The van der Waals surface area contributed by atoms with Crippen LogP contribution in [0.3, 0.4) is 0 Å². The van der Waals surface area contributed by atoms with Crippen molar-refractivity contribution >= 4 is 5.91 Å². The second-order valence-electron chi connectivity index (χ2n) is 5.42. The van der Waals surface area contributed by atoms with Crippen LogP contribution in [0, 0.1) is 5.92 Å². The maximum Gasteiger partial charge on any atom is 0.257 e. The fourth-order valence-corrected chi connectivity index (χ4v) is 2.29. The van der Waals surface area contributed by atoms with Gasteiger partial charge in [-0.25, -0.2) is 0 Å². The first-order valence-electron chi connectivity index (χ1n) is 7.48. The second kappa shape index (κ2) is 8.64. The zero-order valence-electron chi connectivity index (χ0n) is 12.6. The standard InChI is InChI=1S/C16H24N2O3/c1-14(12-18-7-9-20-10-8-18)11-17-16(19)13-21-15-5-3-2-4-6-15/h2-6,14H,7-13H2,1H3,(H,17,19). The van der Waals surface area contributed by atoms with Crippen LogP contribution in [0.4, 0.5) is 0 Å². The Balaban J connectivity index is 1.59. The molecule has 0 radical (unpaired) electrons. The Hall–Kier alpha value is -1.59. The average Bonchev–Trinajstić information content (AvgIpc) is 2.53. The number of hydrogen-bond acceptors (Lipinski definition) is 4. The molecule has 1 unspecified atom stereocenters. The lowest BCUT2D eigenvalue weighted by molar-refractivity contribution is -0.123. The predicted molar refractivity (Wildman–Crippen MR) is 81.4 cm³/mol. The summed E-state index contributed by atoms with van der Waals surface area (Å²) in [4.78, 5) is 14.1. The number of benzene rings is 1. The molecule has 0 bridgehead atoms. The summed E-state index contributed by atoms with van der Waals surface area (Å²) in [5.41, 5.74) is 0. The van der Waals surface area contributed by atoms with E-state index in [4.69, 9.17) is 9.47 Å². The van der Waals surface area contributed by atoms with Gasteiger partial charge >= 0.3 is 0 Å². The zero-order valence-corrected chi connectivity index (χ0v) is 12.6. The maximum absolute atomic E-state index is 11.7. The Morgan fingerprint density at radius 2 is 2.05 bits per heavy atom. The van der Waals surface area contributed by atoms with Crippen LogP contribution >= 0.6 is 0 Å². The van der Waals surface area contributed by atoms with Crippen molar-refractivity contribution in [2.24, 2.45) is 5.92 Å². The van der Waals surface area contributed by atoms with E-state index in [2.05, 4.69) is 17.1 Å². The molecule has 1 aliphatic heterocycles. The molecule has 1 atom stereocenters. The van der Waals surface area contributed by atoms with E-state index in [0.717, 1.165) is 32.8 Å². The maximum atomic E-state index is 11.7. The van der Waals surface area contributed by atoms with E-state index in [9.17, 15) is 4.79 Å². The third-order valence-corrected chi connectivity index (χ3v) is 3.43. The number of rotatable bonds is 7. The van der Waals surface area contributed by atoms with Gasteiger partial charge in [-0.3, -0.25) is 9.69 Å². The van der Waals surface area contributed by atoms with E-state index >= 15 is 0 Å². The second-order valence-corrected chi connectivity index (χ2v) is 5.42. The Bertz CT molecular complexity index is 419. The molecule has 0 aromatic heterocycles. The van der Waals surface area contributed by atoms with Gasteiger partial charge in [-0.2, -0.15) is 0 Å². The molecule has 116 valence electrons. The van der Waals surface area contributed by atoms with Gasteiger partial charge in [-0.05, 0) is 18.1 Å². The summed E-state index contributed by atoms with van der Waals surface area (Å²) in [7, 11) is 0. The monoisotopic (exact) mass is 292 g/mol. The number of para-hydroxylation sites is 1. The van der Waals surface area contributed by atoms with Crippen LogP contribution < -0.4 is 10.1 Å². The van der Waals surface area contributed by atoms with Gasteiger partial charge < -0.3 is 14.8 Å². The molecule has 1 aromatic carbocycles. The molecule has 2 rings (SSSR count). The van der Waals surface area contributed by atoms with E-state index in [-0.39, 0.29) is 12.5 Å². The van der Waals surface area contributed by atoms with Gasteiger partial charge in [0.1, 0.15) is 5.75 Å². The zero-order chi connectivity index (χ0) is 14.9.